The maximum absolute atomic E-state index is 12.2. The van der Waals surface area contributed by atoms with Gasteiger partial charge in [0.25, 0.3) is 5.91 Å². The van der Waals surface area contributed by atoms with E-state index >= 15 is 0 Å². The number of nitrogens with two attached hydrogens (primary N) is 1. The van der Waals surface area contributed by atoms with Crippen molar-refractivity contribution in [3.8, 4) is 0 Å². The molecule has 0 fully saturated rings. The van der Waals surface area contributed by atoms with Gasteiger partial charge in [0.05, 0.1) is 7.11 Å². The van der Waals surface area contributed by atoms with Crippen LogP contribution >= 0.6 is 15.9 Å². The van der Waals surface area contributed by atoms with Crippen molar-refractivity contribution in [1.29, 1.82) is 0 Å². The summed E-state index contributed by atoms with van der Waals surface area (Å²) in [6.07, 6.45) is 0.751. The predicted octanol–water partition coefficient (Wildman–Crippen LogP) is 2.35. The topological polar surface area (TPSA) is 81.4 Å². The van der Waals surface area contributed by atoms with Crippen molar-refractivity contribution in [2.75, 3.05) is 12.8 Å². The predicted molar refractivity (Wildman–Crippen MR) is 81.3 cm³/mol. The molecule has 110 valence electrons. The number of carbonyl (C=O) groups is 2. The summed E-state index contributed by atoms with van der Waals surface area (Å²) in [6, 6.07) is 4.24. The summed E-state index contributed by atoms with van der Waals surface area (Å²) in [6.45, 7) is 3.83. The van der Waals surface area contributed by atoms with E-state index in [-0.39, 0.29) is 11.8 Å². The van der Waals surface area contributed by atoms with Crippen LogP contribution in [0.25, 0.3) is 0 Å². The molecule has 1 amide bonds. The average Bonchev–Trinajstić information content (AvgIpc) is 2.41. The van der Waals surface area contributed by atoms with E-state index < -0.39 is 12.0 Å². The smallest absolute Gasteiger partial charge is 0.328 e. The Hall–Kier alpha value is -1.56. The molecule has 6 heteroatoms. The van der Waals surface area contributed by atoms with Gasteiger partial charge in [0.1, 0.15) is 6.04 Å². The number of carbonyl (C=O) groups excluding carboxylic acids is 2. The molecular formula is C14H19BrN2O3. The lowest BCUT2D eigenvalue weighted by atomic mass is 9.99. The third-order valence-corrected chi connectivity index (χ3v) is 3.59. The van der Waals surface area contributed by atoms with Gasteiger partial charge in [0.2, 0.25) is 0 Å². The minimum Gasteiger partial charge on any atom is -0.467 e. The lowest BCUT2D eigenvalue weighted by Crippen LogP contribution is -2.45. The lowest BCUT2D eigenvalue weighted by molar-refractivity contribution is -0.144. The standard InChI is InChI=1S/C14H19BrN2O3/c1-4-8(2)12(14(19)20-3)17-13(18)9-5-10(15)7-11(16)6-9/h5-8,12H,4,16H2,1-3H3,(H,17,18). The van der Waals surface area contributed by atoms with E-state index in [1.165, 1.54) is 7.11 Å². The number of hydrogen-bond donors (Lipinski definition) is 2. The highest BCUT2D eigenvalue weighted by atomic mass is 79.9. The molecule has 0 aliphatic heterocycles. The number of hydrogen-bond acceptors (Lipinski definition) is 4. The molecule has 1 aromatic rings. The van der Waals surface area contributed by atoms with Gasteiger partial charge in [-0.25, -0.2) is 4.79 Å². The quantitative estimate of drug-likeness (QED) is 0.635. The van der Waals surface area contributed by atoms with Gasteiger partial charge in [-0.15, -0.1) is 0 Å². The van der Waals surface area contributed by atoms with Gasteiger partial charge in [-0.1, -0.05) is 36.2 Å². The van der Waals surface area contributed by atoms with Crippen LogP contribution in [0.4, 0.5) is 5.69 Å². The summed E-state index contributed by atoms with van der Waals surface area (Å²) < 4.78 is 5.44. The van der Waals surface area contributed by atoms with Crippen LogP contribution in [-0.2, 0) is 9.53 Å². The van der Waals surface area contributed by atoms with Gasteiger partial charge < -0.3 is 15.8 Å². The van der Waals surface area contributed by atoms with Crippen molar-refractivity contribution >= 4 is 33.5 Å². The molecule has 0 saturated heterocycles. The molecule has 0 spiro atoms. The highest BCUT2D eigenvalue weighted by Crippen LogP contribution is 2.18. The molecule has 0 saturated carbocycles. The maximum atomic E-state index is 12.2. The first-order chi connectivity index (χ1) is 9.38. The minimum absolute atomic E-state index is 0.0177. The number of halogens is 1. The van der Waals surface area contributed by atoms with Gasteiger partial charge in [-0.3, -0.25) is 4.79 Å². The lowest BCUT2D eigenvalue weighted by Gasteiger charge is -2.22. The van der Waals surface area contributed by atoms with Crippen molar-refractivity contribution in [3.05, 3.63) is 28.2 Å². The number of nitrogens with one attached hydrogen (secondary N) is 1. The summed E-state index contributed by atoms with van der Waals surface area (Å²) in [5.74, 6) is -0.819. The SMILES string of the molecule is CCC(C)C(NC(=O)c1cc(N)cc(Br)c1)C(=O)OC. The van der Waals surface area contributed by atoms with Gasteiger partial charge in [-0.05, 0) is 24.1 Å². The normalized spacial score (nSPS) is 13.4. The number of methoxy groups -OCH3 is 1. The number of rotatable bonds is 5. The Morgan fingerprint density at radius 2 is 2.05 bits per heavy atom. The summed E-state index contributed by atoms with van der Waals surface area (Å²) in [7, 11) is 1.31. The number of ether oxygens (including phenoxy) is 1. The van der Waals surface area contributed by atoms with Crippen molar-refractivity contribution in [3.63, 3.8) is 0 Å². The second kappa shape index (κ2) is 7.28. The van der Waals surface area contributed by atoms with E-state index in [2.05, 4.69) is 21.2 Å². The van der Waals surface area contributed by atoms with Gasteiger partial charge in [0, 0.05) is 15.7 Å². The molecule has 1 aromatic carbocycles. The zero-order valence-electron chi connectivity index (χ0n) is 11.8. The zero-order chi connectivity index (χ0) is 15.3. The number of nitrogen functional groups attached to an aromatic ring is 1. The molecule has 0 aliphatic carbocycles. The molecule has 0 aromatic heterocycles. The molecule has 3 N–H and O–H groups in total. The number of esters is 1. The summed E-state index contributed by atoms with van der Waals surface area (Å²) in [4.78, 5) is 23.9. The molecule has 0 heterocycles. The number of amides is 1. The van der Waals surface area contributed by atoms with Gasteiger partial charge in [-0.2, -0.15) is 0 Å². The molecule has 5 nitrogen and oxygen atoms in total. The van der Waals surface area contributed by atoms with E-state index in [0.717, 1.165) is 6.42 Å². The molecule has 1 rings (SSSR count). The minimum atomic E-state index is -0.669. The first kappa shape index (κ1) is 16.5. The van der Waals surface area contributed by atoms with Crippen LogP contribution in [0.15, 0.2) is 22.7 Å². The van der Waals surface area contributed by atoms with E-state index in [9.17, 15) is 9.59 Å². The van der Waals surface area contributed by atoms with Gasteiger partial charge in [0.15, 0.2) is 0 Å². The zero-order valence-corrected chi connectivity index (χ0v) is 13.4. The Labute approximate surface area is 127 Å². The molecule has 2 unspecified atom stereocenters. The van der Waals surface area contributed by atoms with Gasteiger partial charge >= 0.3 is 5.97 Å². The number of benzene rings is 1. The Morgan fingerprint density at radius 3 is 2.55 bits per heavy atom. The number of anilines is 1. The first-order valence-electron chi connectivity index (χ1n) is 6.33. The molecule has 0 radical (unpaired) electrons. The average molecular weight is 343 g/mol. The second-order valence-corrected chi connectivity index (χ2v) is 5.55. The Bertz CT molecular complexity index is 485. The largest absolute Gasteiger partial charge is 0.467 e. The third-order valence-electron chi connectivity index (χ3n) is 3.14. The van der Waals surface area contributed by atoms with Crippen LogP contribution in [0, 0.1) is 5.92 Å². The van der Waals surface area contributed by atoms with Crippen molar-refractivity contribution < 1.29 is 14.3 Å². The van der Waals surface area contributed by atoms with Crippen molar-refractivity contribution in [2.24, 2.45) is 5.92 Å². The summed E-state index contributed by atoms with van der Waals surface area (Å²) >= 11 is 3.28. The molecule has 0 bridgehead atoms. The van der Waals surface area contributed by atoms with Crippen molar-refractivity contribution in [2.45, 2.75) is 26.3 Å². The highest BCUT2D eigenvalue weighted by molar-refractivity contribution is 9.10. The van der Waals surface area contributed by atoms with Crippen LogP contribution in [0.1, 0.15) is 30.6 Å². The molecule has 2 atom stereocenters. The van der Waals surface area contributed by atoms with Crippen LogP contribution in [0.3, 0.4) is 0 Å². The molecular weight excluding hydrogens is 324 g/mol. The fourth-order valence-electron chi connectivity index (χ4n) is 1.76. The highest BCUT2D eigenvalue weighted by Gasteiger charge is 2.27. The maximum Gasteiger partial charge on any atom is 0.328 e. The third kappa shape index (κ3) is 4.23. The first-order valence-corrected chi connectivity index (χ1v) is 7.13. The fraction of sp³-hybridized carbons (Fsp3) is 0.429. The Morgan fingerprint density at radius 1 is 1.40 bits per heavy atom. The Kier molecular flexibility index (Phi) is 6.01. The molecule has 20 heavy (non-hydrogen) atoms. The van der Waals surface area contributed by atoms with E-state index in [0.29, 0.717) is 15.7 Å². The summed E-state index contributed by atoms with van der Waals surface area (Å²) in [5, 5.41) is 2.70. The monoisotopic (exact) mass is 342 g/mol. The van der Waals surface area contributed by atoms with Crippen LogP contribution < -0.4 is 11.1 Å². The van der Waals surface area contributed by atoms with Crippen LogP contribution in [-0.4, -0.2) is 25.0 Å². The Balaban J connectivity index is 2.93. The van der Waals surface area contributed by atoms with Crippen molar-refractivity contribution in [1.82, 2.24) is 5.32 Å². The van der Waals surface area contributed by atoms with Crippen LogP contribution in [0.5, 0.6) is 0 Å². The summed E-state index contributed by atoms with van der Waals surface area (Å²) in [5.41, 5.74) is 6.57. The van der Waals surface area contributed by atoms with Crippen LogP contribution in [0.2, 0.25) is 0 Å². The second-order valence-electron chi connectivity index (χ2n) is 4.63. The van der Waals surface area contributed by atoms with E-state index in [1.54, 1.807) is 18.2 Å². The fourth-order valence-corrected chi connectivity index (χ4v) is 2.28. The van der Waals surface area contributed by atoms with E-state index in [4.69, 9.17) is 10.5 Å². The molecule has 0 aliphatic rings. The van der Waals surface area contributed by atoms with E-state index in [1.807, 2.05) is 13.8 Å².